The van der Waals surface area contributed by atoms with Crippen molar-refractivity contribution in [3.05, 3.63) is 118 Å². The molecule has 4 nitrogen and oxygen atoms in total. The summed E-state index contributed by atoms with van der Waals surface area (Å²) in [6.45, 7) is 0.432. The van der Waals surface area contributed by atoms with Gasteiger partial charge in [0.15, 0.2) is 0 Å². The van der Waals surface area contributed by atoms with Gasteiger partial charge in [0.25, 0.3) is 0 Å². The second-order valence-electron chi connectivity index (χ2n) is 8.43. The monoisotopic (exact) mass is 531 g/mol. The first-order chi connectivity index (χ1) is 17.5. The van der Waals surface area contributed by atoms with Gasteiger partial charge in [-0.3, -0.25) is 4.79 Å². The van der Waals surface area contributed by atoms with Gasteiger partial charge >= 0.3 is 5.97 Å². The minimum absolute atomic E-state index is 0.182. The average molecular weight is 532 g/mol. The first-order valence-electron chi connectivity index (χ1n) is 11.3. The summed E-state index contributed by atoms with van der Waals surface area (Å²) in [5.41, 5.74) is 1.81. The van der Waals surface area contributed by atoms with Crippen molar-refractivity contribution in [2.24, 2.45) is 0 Å². The molecule has 0 radical (unpaired) electrons. The third-order valence-corrected chi connectivity index (χ3v) is 8.31. The van der Waals surface area contributed by atoms with Gasteiger partial charge in [0.1, 0.15) is 17.9 Å². The Bertz CT molecular complexity index is 1430. The number of thiophene rings is 1. The van der Waals surface area contributed by atoms with Crippen LogP contribution in [0.15, 0.2) is 95.2 Å². The normalized spacial score (nSPS) is 18.2. The van der Waals surface area contributed by atoms with E-state index in [4.69, 9.17) is 16.3 Å². The van der Waals surface area contributed by atoms with Gasteiger partial charge in [0.05, 0.1) is 9.09 Å². The number of aliphatic carboxylic acids is 1. The molecule has 1 saturated carbocycles. The van der Waals surface area contributed by atoms with E-state index in [2.05, 4.69) is 16.6 Å². The Hall–Kier alpha value is -3.21. The molecular weight excluding hydrogens is 510 g/mol. The van der Waals surface area contributed by atoms with Crippen LogP contribution < -0.4 is 9.46 Å². The summed E-state index contributed by atoms with van der Waals surface area (Å²) in [5, 5.41) is 10.8. The number of hydrogen-bond acceptors (Lipinski definition) is 5. The minimum Gasteiger partial charge on any atom is -0.489 e. The van der Waals surface area contributed by atoms with Crippen molar-refractivity contribution < 1.29 is 14.6 Å². The minimum atomic E-state index is -1.05. The highest BCUT2D eigenvalue weighted by molar-refractivity contribution is 7.99. The van der Waals surface area contributed by atoms with Gasteiger partial charge in [0, 0.05) is 16.5 Å². The van der Waals surface area contributed by atoms with E-state index in [0.717, 1.165) is 31.5 Å². The summed E-state index contributed by atoms with van der Waals surface area (Å²) in [4.78, 5) is 13.2. The molecular formula is C29H22ClNO3S2. The number of hydrogen-bond donors (Lipinski definition) is 2. The molecule has 2 atom stereocenters. The molecule has 1 aromatic heterocycles. The van der Waals surface area contributed by atoms with Crippen molar-refractivity contribution in [3.8, 4) is 17.6 Å². The van der Waals surface area contributed by atoms with Crippen molar-refractivity contribution in [1.29, 1.82) is 0 Å². The molecule has 7 heteroatoms. The Morgan fingerprint density at radius 1 is 1.03 bits per heavy atom. The van der Waals surface area contributed by atoms with Crippen LogP contribution in [0, 0.1) is 11.8 Å². The van der Waals surface area contributed by atoms with Crippen LogP contribution in [0.5, 0.6) is 5.75 Å². The summed E-state index contributed by atoms with van der Waals surface area (Å²) < 4.78 is 10.3. The van der Waals surface area contributed by atoms with Gasteiger partial charge in [-0.25, -0.2) is 4.72 Å². The summed E-state index contributed by atoms with van der Waals surface area (Å²) in [6, 6.07) is 28.9. The molecule has 0 bridgehead atoms. The number of halogens is 1. The molecule has 180 valence electrons. The summed E-state index contributed by atoms with van der Waals surface area (Å²) in [7, 11) is 0. The van der Waals surface area contributed by atoms with E-state index in [1.807, 2.05) is 91.0 Å². The quantitative estimate of drug-likeness (QED) is 0.189. The van der Waals surface area contributed by atoms with E-state index in [9.17, 15) is 9.90 Å². The number of carbonyl (C=O) groups is 1. The number of ether oxygens (including phenoxy) is 1. The lowest BCUT2D eigenvalue weighted by atomic mass is 10.1. The van der Waals surface area contributed by atoms with Gasteiger partial charge in [-0.05, 0) is 72.0 Å². The van der Waals surface area contributed by atoms with Crippen LogP contribution in [0.25, 0.3) is 0 Å². The molecule has 0 saturated heterocycles. The zero-order valence-electron chi connectivity index (χ0n) is 19.1. The van der Waals surface area contributed by atoms with Gasteiger partial charge in [-0.15, -0.1) is 11.3 Å². The van der Waals surface area contributed by atoms with Crippen molar-refractivity contribution in [2.75, 3.05) is 0 Å². The van der Waals surface area contributed by atoms with Crippen LogP contribution in [0.1, 0.15) is 33.9 Å². The topological polar surface area (TPSA) is 58.6 Å². The van der Waals surface area contributed by atoms with Crippen molar-refractivity contribution in [1.82, 2.24) is 4.72 Å². The standard InChI is InChI=1S/C29H22ClNO3S2/c30-22-13-10-20(11-14-22)12-15-23-16-17-27(35-23)36-31-29(28(32)33)18-25(29)24-8-4-5-9-26(24)34-19-21-6-2-1-3-7-21/h1-11,13-14,16-17,25,31H,18-19H2,(H,32,33). The lowest BCUT2D eigenvalue weighted by molar-refractivity contribution is -0.140. The maximum absolute atomic E-state index is 12.3. The highest BCUT2D eigenvalue weighted by atomic mass is 35.5. The predicted molar refractivity (Wildman–Crippen MR) is 146 cm³/mol. The SMILES string of the molecule is O=C(O)C1(NSc2ccc(C#Cc3ccc(Cl)cc3)s2)CC1c1ccccc1OCc1ccccc1. The summed E-state index contributed by atoms with van der Waals surface area (Å²) >= 11 is 8.79. The number of carboxylic acids is 1. The predicted octanol–water partition coefficient (Wildman–Crippen LogP) is 6.99. The second kappa shape index (κ2) is 10.8. The van der Waals surface area contributed by atoms with Crippen LogP contribution in [-0.2, 0) is 11.4 Å². The Kier molecular flexibility index (Phi) is 7.35. The maximum atomic E-state index is 12.3. The van der Waals surface area contributed by atoms with Gasteiger partial charge in [-0.1, -0.05) is 72.0 Å². The Morgan fingerprint density at radius 3 is 2.56 bits per heavy atom. The average Bonchev–Trinajstić information content (AvgIpc) is 3.48. The Balaban J connectivity index is 1.25. The van der Waals surface area contributed by atoms with Gasteiger partial charge in [-0.2, -0.15) is 0 Å². The highest BCUT2D eigenvalue weighted by Gasteiger charge is 2.62. The number of carboxylic acid groups (broad SMARTS) is 1. The van der Waals surface area contributed by atoms with Crippen molar-refractivity contribution in [3.63, 3.8) is 0 Å². The van der Waals surface area contributed by atoms with Crippen molar-refractivity contribution >= 4 is 40.9 Å². The maximum Gasteiger partial charge on any atom is 0.325 e. The number of benzene rings is 3. The zero-order chi connectivity index (χ0) is 25.0. The van der Waals surface area contributed by atoms with E-state index in [1.54, 1.807) is 0 Å². The molecule has 2 N–H and O–H groups in total. The summed E-state index contributed by atoms with van der Waals surface area (Å²) in [6.07, 6.45) is 0.496. The molecule has 36 heavy (non-hydrogen) atoms. The van der Waals surface area contributed by atoms with Crippen LogP contribution in [0.4, 0.5) is 0 Å². The van der Waals surface area contributed by atoms with E-state index in [1.165, 1.54) is 23.3 Å². The van der Waals surface area contributed by atoms with E-state index >= 15 is 0 Å². The molecule has 1 aliphatic rings. The molecule has 4 aromatic rings. The second-order valence-corrected chi connectivity index (χ2v) is 11.1. The Morgan fingerprint density at radius 2 is 1.78 bits per heavy atom. The van der Waals surface area contributed by atoms with Crippen LogP contribution in [-0.4, -0.2) is 16.6 Å². The largest absolute Gasteiger partial charge is 0.489 e. The molecule has 5 rings (SSSR count). The molecule has 0 aliphatic heterocycles. The van der Waals surface area contributed by atoms with Gasteiger partial charge in [0.2, 0.25) is 0 Å². The molecule has 3 aromatic carbocycles. The first-order valence-corrected chi connectivity index (χ1v) is 13.3. The molecule has 1 fully saturated rings. The third kappa shape index (κ3) is 5.61. The van der Waals surface area contributed by atoms with Gasteiger partial charge < -0.3 is 9.84 Å². The lowest BCUT2D eigenvalue weighted by Crippen LogP contribution is -2.36. The zero-order valence-corrected chi connectivity index (χ0v) is 21.5. The molecule has 0 spiro atoms. The summed E-state index contributed by atoms with van der Waals surface area (Å²) in [5.74, 6) is 5.96. The molecule has 1 aliphatic carbocycles. The molecule has 1 heterocycles. The lowest BCUT2D eigenvalue weighted by Gasteiger charge is -2.16. The van der Waals surface area contributed by atoms with Crippen LogP contribution >= 0.6 is 34.9 Å². The smallest absolute Gasteiger partial charge is 0.325 e. The van der Waals surface area contributed by atoms with Crippen LogP contribution in [0.2, 0.25) is 5.02 Å². The fourth-order valence-corrected chi connectivity index (χ4v) is 5.93. The fourth-order valence-electron chi connectivity index (χ4n) is 3.92. The fraction of sp³-hybridized carbons (Fsp3) is 0.138. The van der Waals surface area contributed by atoms with Crippen molar-refractivity contribution in [2.45, 2.75) is 28.7 Å². The number of rotatable bonds is 8. The molecule has 2 unspecified atom stereocenters. The number of nitrogens with one attached hydrogen (secondary N) is 1. The first kappa shape index (κ1) is 24.5. The Labute approximate surface area is 223 Å². The van der Waals surface area contributed by atoms with Crippen LogP contribution in [0.3, 0.4) is 0 Å². The van der Waals surface area contributed by atoms with E-state index in [-0.39, 0.29) is 5.92 Å². The highest BCUT2D eigenvalue weighted by Crippen LogP contribution is 2.55. The van der Waals surface area contributed by atoms with E-state index in [0.29, 0.717) is 18.1 Å². The third-order valence-electron chi connectivity index (χ3n) is 5.96. The van der Waals surface area contributed by atoms with E-state index < -0.39 is 11.5 Å². The number of para-hydroxylation sites is 1. The molecule has 0 amide bonds.